The minimum absolute atomic E-state index is 0.0224. The van der Waals surface area contributed by atoms with Crippen LogP contribution in [-0.2, 0) is 0 Å². The fourth-order valence-corrected chi connectivity index (χ4v) is 1.53. The Balaban J connectivity index is 2.33. The van der Waals surface area contributed by atoms with E-state index in [1.54, 1.807) is 6.08 Å². The standard InChI is InChI=1S/C9H15F2N/c1-3-7(2)12-8-4-5-9(10,11)6-8/h3,7-8,12H,1,4-6H2,2H3. The van der Waals surface area contributed by atoms with E-state index in [2.05, 4.69) is 11.9 Å². The summed E-state index contributed by atoms with van der Waals surface area (Å²) >= 11 is 0. The van der Waals surface area contributed by atoms with Crippen molar-refractivity contribution in [1.82, 2.24) is 5.32 Å². The van der Waals surface area contributed by atoms with Crippen molar-refractivity contribution in [3.05, 3.63) is 12.7 Å². The zero-order chi connectivity index (χ0) is 9.19. The number of rotatable bonds is 3. The van der Waals surface area contributed by atoms with Crippen molar-refractivity contribution in [3.63, 3.8) is 0 Å². The van der Waals surface area contributed by atoms with Gasteiger partial charge in [-0.05, 0) is 13.3 Å². The molecule has 1 fully saturated rings. The molecule has 1 aliphatic carbocycles. The Hall–Kier alpha value is -0.440. The maximum absolute atomic E-state index is 12.7. The molecule has 12 heavy (non-hydrogen) atoms. The topological polar surface area (TPSA) is 12.0 Å². The van der Waals surface area contributed by atoms with E-state index < -0.39 is 5.92 Å². The first-order chi connectivity index (χ1) is 5.53. The molecule has 0 aromatic carbocycles. The van der Waals surface area contributed by atoms with Gasteiger partial charge in [0.15, 0.2) is 0 Å². The van der Waals surface area contributed by atoms with Crippen molar-refractivity contribution in [3.8, 4) is 0 Å². The van der Waals surface area contributed by atoms with Crippen LogP contribution in [0, 0.1) is 0 Å². The van der Waals surface area contributed by atoms with Crippen LogP contribution in [0.25, 0.3) is 0 Å². The molecular formula is C9H15F2N. The highest BCUT2D eigenvalue weighted by Gasteiger charge is 2.39. The summed E-state index contributed by atoms with van der Waals surface area (Å²) in [6.07, 6.45) is 2.31. The molecule has 0 amide bonds. The van der Waals surface area contributed by atoms with Crippen LogP contribution in [0.5, 0.6) is 0 Å². The van der Waals surface area contributed by atoms with Gasteiger partial charge in [0.1, 0.15) is 0 Å². The lowest BCUT2D eigenvalue weighted by atomic mass is 10.2. The number of alkyl halides is 2. The van der Waals surface area contributed by atoms with Crippen LogP contribution in [-0.4, -0.2) is 18.0 Å². The molecule has 70 valence electrons. The molecule has 0 aliphatic heterocycles. The van der Waals surface area contributed by atoms with Gasteiger partial charge in [-0.1, -0.05) is 6.08 Å². The van der Waals surface area contributed by atoms with Crippen LogP contribution < -0.4 is 5.32 Å². The van der Waals surface area contributed by atoms with Gasteiger partial charge in [0.2, 0.25) is 5.92 Å². The molecule has 0 saturated heterocycles. The molecular weight excluding hydrogens is 160 g/mol. The SMILES string of the molecule is C=CC(C)NC1CCC(F)(F)C1. The van der Waals surface area contributed by atoms with Crippen molar-refractivity contribution >= 4 is 0 Å². The first-order valence-electron chi connectivity index (χ1n) is 4.30. The van der Waals surface area contributed by atoms with E-state index in [0.29, 0.717) is 6.42 Å². The van der Waals surface area contributed by atoms with Gasteiger partial charge in [-0.3, -0.25) is 0 Å². The Morgan fingerprint density at radius 3 is 2.75 bits per heavy atom. The minimum atomic E-state index is -2.45. The molecule has 0 radical (unpaired) electrons. The van der Waals surface area contributed by atoms with Gasteiger partial charge >= 0.3 is 0 Å². The average molecular weight is 175 g/mol. The van der Waals surface area contributed by atoms with Crippen molar-refractivity contribution < 1.29 is 8.78 Å². The largest absolute Gasteiger partial charge is 0.308 e. The number of hydrogen-bond acceptors (Lipinski definition) is 1. The summed E-state index contributed by atoms with van der Waals surface area (Å²) in [4.78, 5) is 0. The summed E-state index contributed by atoms with van der Waals surface area (Å²) in [6.45, 7) is 5.51. The summed E-state index contributed by atoms with van der Waals surface area (Å²) in [5.74, 6) is -2.45. The molecule has 1 nitrogen and oxygen atoms in total. The third kappa shape index (κ3) is 2.55. The van der Waals surface area contributed by atoms with Gasteiger partial charge in [0.05, 0.1) is 0 Å². The predicted octanol–water partition coefficient (Wildman–Crippen LogP) is 2.34. The first kappa shape index (κ1) is 9.65. The van der Waals surface area contributed by atoms with Gasteiger partial charge < -0.3 is 5.32 Å². The molecule has 1 rings (SSSR count). The van der Waals surface area contributed by atoms with Gasteiger partial charge in [0.25, 0.3) is 0 Å². The van der Waals surface area contributed by atoms with Crippen LogP contribution in [0.3, 0.4) is 0 Å². The second-order valence-electron chi connectivity index (χ2n) is 3.49. The van der Waals surface area contributed by atoms with E-state index in [-0.39, 0.29) is 24.9 Å². The molecule has 2 unspecified atom stereocenters. The van der Waals surface area contributed by atoms with E-state index in [1.165, 1.54) is 0 Å². The Bertz CT molecular complexity index is 168. The zero-order valence-electron chi connectivity index (χ0n) is 7.32. The third-order valence-corrected chi connectivity index (χ3v) is 2.26. The zero-order valence-corrected chi connectivity index (χ0v) is 7.32. The molecule has 0 aromatic rings. The number of nitrogens with one attached hydrogen (secondary N) is 1. The van der Waals surface area contributed by atoms with Crippen molar-refractivity contribution in [2.24, 2.45) is 0 Å². The Labute approximate surface area is 71.8 Å². The lowest BCUT2D eigenvalue weighted by Crippen LogP contribution is -2.34. The van der Waals surface area contributed by atoms with Crippen LogP contribution >= 0.6 is 0 Å². The van der Waals surface area contributed by atoms with Crippen molar-refractivity contribution in [2.45, 2.75) is 44.2 Å². The maximum Gasteiger partial charge on any atom is 0.249 e. The molecule has 1 saturated carbocycles. The van der Waals surface area contributed by atoms with E-state index >= 15 is 0 Å². The van der Waals surface area contributed by atoms with Crippen LogP contribution in [0.4, 0.5) is 8.78 Å². The molecule has 1 aliphatic rings. The molecule has 0 heterocycles. The highest BCUT2D eigenvalue weighted by Crippen LogP contribution is 2.34. The number of hydrogen-bond donors (Lipinski definition) is 1. The molecule has 3 heteroatoms. The van der Waals surface area contributed by atoms with E-state index in [1.807, 2.05) is 6.92 Å². The average Bonchev–Trinajstić information content (AvgIpc) is 2.30. The van der Waals surface area contributed by atoms with Gasteiger partial charge in [0, 0.05) is 24.9 Å². The smallest absolute Gasteiger partial charge is 0.249 e. The highest BCUT2D eigenvalue weighted by molar-refractivity contribution is 4.91. The Morgan fingerprint density at radius 1 is 1.67 bits per heavy atom. The molecule has 0 spiro atoms. The summed E-state index contributed by atoms with van der Waals surface area (Å²) in [6, 6.07) is 0.0944. The summed E-state index contributed by atoms with van der Waals surface area (Å²) in [7, 11) is 0. The monoisotopic (exact) mass is 175 g/mol. The third-order valence-electron chi connectivity index (χ3n) is 2.26. The molecule has 0 bridgehead atoms. The fraction of sp³-hybridized carbons (Fsp3) is 0.778. The molecule has 0 aromatic heterocycles. The summed E-state index contributed by atoms with van der Waals surface area (Å²) < 4.78 is 25.4. The lowest BCUT2D eigenvalue weighted by molar-refractivity contribution is 0.00680. The van der Waals surface area contributed by atoms with E-state index in [4.69, 9.17) is 0 Å². The summed E-state index contributed by atoms with van der Waals surface area (Å²) in [5.41, 5.74) is 0. The maximum atomic E-state index is 12.7. The van der Waals surface area contributed by atoms with Gasteiger partial charge in [-0.2, -0.15) is 0 Å². The second kappa shape index (κ2) is 3.52. The highest BCUT2D eigenvalue weighted by atomic mass is 19.3. The van der Waals surface area contributed by atoms with Gasteiger partial charge in [-0.15, -0.1) is 6.58 Å². The van der Waals surface area contributed by atoms with Crippen LogP contribution in [0.15, 0.2) is 12.7 Å². The first-order valence-corrected chi connectivity index (χ1v) is 4.30. The molecule has 1 N–H and O–H groups in total. The molecule has 2 atom stereocenters. The normalized spacial score (nSPS) is 30.1. The van der Waals surface area contributed by atoms with E-state index in [0.717, 1.165) is 0 Å². The van der Waals surface area contributed by atoms with E-state index in [9.17, 15) is 8.78 Å². The lowest BCUT2D eigenvalue weighted by Gasteiger charge is -2.16. The Morgan fingerprint density at radius 2 is 2.33 bits per heavy atom. The fourth-order valence-electron chi connectivity index (χ4n) is 1.53. The quantitative estimate of drug-likeness (QED) is 0.649. The van der Waals surface area contributed by atoms with Crippen LogP contribution in [0.1, 0.15) is 26.2 Å². The minimum Gasteiger partial charge on any atom is -0.308 e. The predicted molar refractivity (Wildman–Crippen MR) is 45.4 cm³/mol. The summed E-state index contributed by atoms with van der Waals surface area (Å²) in [5, 5.41) is 3.09. The van der Waals surface area contributed by atoms with Crippen molar-refractivity contribution in [2.75, 3.05) is 0 Å². The Kier molecular flexibility index (Phi) is 2.83. The van der Waals surface area contributed by atoms with Crippen molar-refractivity contribution in [1.29, 1.82) is 0 Å². The van der Waals surface area contributed by atoms with Crippen LogP contribution in [0.2, 0.25) is 0 Å². The number of halogens is 2. The van der Waals surface area contributed by atoms with Gasteiger partial charge in [-0.25, -0.2) is 8.78 Å². The second-order valence-corrected chi connectivity index (χ2v) is 3.49.